The number of halogens is 3. The van der Waals surface area contributed by atoms with Gasteiger partial charge in [0.15, 0.2) is 17.0 Å². The average Bonchev–Trinajstić information content (AvgIpc) is 3.25. The first-order chi connectivity index (χ1) is 16.7. The molecule has 1 saturated heterocycles. The van der Waals surface area contributed by atoms with Gasteiger partial charge in [-0.3, -0.25) is 4.79 Å². The highest BCUT2D eigenvalue weighted by Gasteiger charge is 2.43. The van der Waals surface area contributed by atoms with Gasteiger partial charge in [-0.1, -0.05) is 31.2 Å². The summed E-state index contributed by atoms with van der Waals surface area (Å²) in [7, 11) is 0. The van der Waals surface area contributed by atoms with Gasteiger partial charge in [-0.15, -0.1) is 0 Å². The lowest BCUT2D eigenvalue weighted by molar-refractivity contribution is -0.143. The van der Waals surface area contributed by atoms with E-state index in [1.165, 1.54) is 6.07 Å². The van der Waals surface area contributed by atoms with Crippen molar-refractivity contribution in [3.8, 4) is 11.3 Å². The summed E-state index contributed by atoms with van der Waals surface area (Å²) in [6.07, 6.45) is 1.23. The highest BCUT2D eigenvalue weighted by Crippen LogP contribution is 2.42. The molecule has 8 heteroatoms. The van der Waals surface area contributed by atoms with Gasteiger partial charge < -0.3 is 4.90 Å². The molecule has 1 saturated carbocycles. The minimum atomic E-state index is -4.62. The summed E-state index contributed by atoms with van der Waals surface area (Å²) in [6, 6.07) is 9.07. The van der Waals surface area contributed by atoms with Crippen LogP contribution in [-0.4, -0.2) is 37.5 Å². The van der Waals surface area contributed by atoms with Crippen LogP contribution in [0.2, 0.25) is 0 Å². The van der Waals surface area contributed by atoms with Crippen LogP contribution in [0.3, 0.4) is 0 Å². The van der Waals surface area contributed by atoms with Crippen molar-refractivity contribution in [2.75, 3.05) is 0 Å². The molecule has 2 aromatic heterocycles. The van der Waals surface area contributed by atoms with Crippen molar-refractivity contribution in [3.05, 3.63) is 52.8 Å². The van der Waals surface area contributed by atoms with E-state index in [0.29, 0.717) is 24.0 Å². The number of carbonyl (C=O) groups is 1. The number of rotatable bonds is 1. The Balaban J connectivity index is 1.47. The quantitative estimate of drug-likeness (QED) is 0.431. The van der Waals surface area contributed by atoms with Crippen molar-refractivity contribution < 1.29 is 18.0 Å². The maximum absolute atomic E-state index is 14.4. The lowest BCUT2D eigenvalue weighted by Crippen LogP contribution is -2.54. The molecule has 35 heavy (non-hydrogen) atoms. The van der Waals surface area contributed by atoms with Crippen molar-refractivity contribution >= 4 is 11.6 Å². The first kappa shape index (κ1) is 22.6. The third kappa shape index (κ3) is 3.64. The molecule has 1 aromatic carbocycles. The summed E-state index contributed by atoms with van der Waals surface area (Å²) in [4.78, 5) is 20.3. The minimum Gasteiger partial charge on any atom is -0.331 e. The Morgan fingerprint density at radius 3 is 2.66 bits per heavy atom. The van der Waals surface area contributed by atoms with Crippen molar-refractivity contribution in [2.24, 2.45) is 11.8 Å². The predicted octanol–water partition coefficient (Wildman–Crippen LogP) is 5.94. The predicted molar refractivity (Wildman–Crippen MR) is 126 cm³/mol. The monoisotopic (exact) mass is 482 g/mol. The zero-order chi connectivity index (χ0) is 24.5. The van der Waals surface area contributed by atoms with Crippen molar-refractivity contribution in [3.63, 3.8) is 0 Å². The van der Waals surface area contributed by atoms with Gasteiger partial charge in [-0.25, -0.2) is 9.50 Å². The number of nitrogens with zero attached hydrogens (tertiary/aromatic N) is 4. The molecule has 3 aliphatic rings. The van der Waals surface area contributed by atoms with E-state index in [1.54, 1.807) is 0 Å². The lowest BCUT2D eigenvalue weighted by Gasteiger charge is -2.48. The maximum atomic E-state index is 14.4. The SMILES string of the molecule is C[C@H]1CC[C@@H]2[C@H](CC[C@H](C)N2C(=O)c2cc3nc4c(c(C(F)(F)F)n3n2)CCc2ccccc2-4)C1. The summed E-state index contributed by atoms with van der Waals surface area (Å²) in [6.45, 7) is 4.30. The Morgan fingerprint density at radius 2 is 1.86 bits per heavy atom. The number of likely N-dealkylation sites (tertiary alicyclic amines) is 1. The Hall–Kier alpha value is -2.90. The summed E-state index contributed by atoms with van der Waals surface area (Å²) >= 11 is 0. The number of aromatic nitrogens is 3. The number of fused-ring (bicyclic) bond motifs is 5. The molecule has 0 spiro atoms. The standard InChI is InChI=1S/C27H29F3N4O/c1-15-7-12-22-18(13-15)9-8-16(2)33(22)26(35)21-14-23-31-24-19-6-4-3-5-17(19)10-11-20(24)25(27(28,29)30)34(23)32-21/h3-6,14-16,18,22H,7-13H2,1-2H3/t15-,16-,18+,22+/m0/s1. The van der Waals surface area contributed by atoms with E-state index in [1.807, 2.05) is 36.1 Å². The largest absolute Gasteiger partial charge is 0.433 e. The van der Waals surface area contributed by atoms with E-state index in [9.17, 15) is 18.0 Å². The molecule has 2 fully saturated rings. The van der Waals surface area contributed by atoms with Crippen LogP contribution in [0.5, 0.6) is 0 Å². The number of amides is 1. The second-order valence-electron chi connectivity index (χ2n) is 10.6. The topological polar surface area (TPSA) is 50.5 Å². The molecule has 5 nitrogen and oxygen atoms in total. The molecule has 4 atom stereocenters. The fraction of sp³-hybridized carbons (Fsp3) is 0.519. The number of hydrogen-bond acceptors (Lipinski definition) is 3. The number of benzene rings is 1. The highest BCUT2D eigenvalue weighted by atomic mass is 19.4. The summed E-state index contributed by atoms with van der Waals surface area (Å²) in [5.41, 5.74) is 1.50. The second-order valence-corrected chi connectivity index (χ2v) is 10.6. The number of aryl methyl sites for hydroxylation is 1. The van der Waals surface area contributed by atoms with Crippen LogP contribution in [0, 0.1) is 11.8 Å². The molecule has 1 amide bonds. The van der Waals surface area contributed by atoms with Gasteiger partial charge in [-0.05, 0) is 69.3 Å². The zero-order valence-electron chi connectivity index (χ0n) is 20.0. The zero-order valence-corrected chi connectivity index (χ0v) is 20.0. The Kier molecular flexibility index (Phi) is 5.20. The van der Waals surface area contributed by atoms with Gasteiger partial charge in [0.05, 0.1) is 5.69 Å². The van der Waals surface area contributed by atoms with Gasteiger partial charge in [0.2, 0.25) is 0 Å². The number of alkyl halides is 3. The smallest absolute Gasteiger partial charge is 0.331 e. The van der Waals surface area contributed by atoms with Crippen molar-refractivity contribution in [2.45, 2.75) is 77.1 Å². The first-order valence-electron chi connectivity index (χ1n) is 12.6. The lowest BCUT2D eigenvalue weighted by atomic mass is 9.72. The second kappa shape index (κ2) is 8.07. The van der Waals surface area contributed by atoms with E-state index in [-0.39, 0.29) is 41.3 Å². The average molecular weight is 483 g/mol. The van der Waals surface area contributed by atoms with E-state index < -0.39 is 11.9 Å². The molecule has 3 aromatic rings. The molecule has 0 N–H and O–H groups in total. The van der Waals surface area contributed by atoms with Crippen molar-refractivity contribution in [1.29, 1.82) is 0 Å². The highest BCUT2D eigenvalue weighted by molar-refractivity contribution is 5.94. The van der Waals surface area contributed by atoms with Crippen LogP contribution in [0.25, 0.3) is 16.9 Å². The van der Waals surface area contributed by atoms with Crippen LogP contribution < -0.4 is 0 Å². The van der Waals surface area contributed by atoms with E-state index in [2.05, 4.69) is 17.0 Å². The molecule has 1 aliphatic heterocycles. The molecular formula is C27H29F3N4O. The molecule has 184 valence electrons. The molecule has 0 bridgehead atoms. The van der Waals surface area contributed by atoms with Crippen LogP contribution in [0.1, 0.15) is 73.3 Å². The molecule has 0 unspecified atom stereocenters. The van der Waals surface area contributed by atoms with Gasteiger partial charge >= 0.3 is 6.18 Å². The Morgan fingerprint density at radius 1 is 1.06 bits per heavy atom. The number of hydrogen-bond donors (Lipinski definition) is 0. The third-order valence-electron chi connectivity index (χ3n) is 8.33. The maximum Gasteiger partial charge on any atom is 0.433 e. The summed E-state index contributed by atoms with van der Waals surface area (Å²) in [5.74, 6) is 0.812. The molecule has 6 rings (SSSR count). The Labute approximate surface area is 202 Å². The van der Waals surface area contributed by atoms with Gasteiger partial charge in [0.25, 0.3) is 5.91 Å². The number of piperidine rings is 1. The van der Waals surface area contributed by atoms with E-state index >= 15 is 0 Å². The van der Waals surface area contributed by atoms with Gasteiger partial charge in [0.1, 0.15) is 0 Å². The van der Waals surface area contributed by atoms with Crippen LogP contribution in [0.4, 0.5) is 13.2 Å². The fourth-order valence-corrected chi connectivity index (χ4v) is 6.69. The van der Waals surface area contributed by atoms with Crippen LogP contribution in [-0.2, 0) is 19.0 Å². The molecule has 2 aliphatic carbocycles. The minimum absolute atomic E-state index is 0.0390. The molecule has 3 heterocycles. The van der Waals surface area contributed by atoms with E-state index in [0.717, 1.165) is 47.7 Å². The van der Waals surface area contributed by atoms with Gasteiger partial charge in [-0.2, -0.15) is 18.3 Å². The first-order valence-corrected chi connectivity index (χ1v) is 12.6. The van der Waals surface area contributed by atoms with Gasteiger partial charge in [0, 0.05) is 29.3 Å². The Bertz CT molecular complexity index is 1310. The van der Waals surface area contributed by atoms with Crippen molar-refractivity contribution in [1.82, 2.24) is 19.5 Å². The van der Waals surface area contributed by atoms with Crippen LogP contribution in [0.15, 0.2) is 30.3 Å². The fourth-order valence-electron chi connectivity index (χ4n) is 6.69. The van der Waals surface area contributed by atoms with E-state index in [4.69, 9.17) is 0 Å². The van der Waals surface area contributed by atoms with Crippen LogP contribution >= 0.6 is 0 Å². The molecule has 0 radical (unpaired) electrons. The third-order valence-corrected chi connectivity index (χ3v) is 8.33. The summed E-state index contributed by atoms with van der Waals surface area (Å²) < 4.78 is 44.0. The molecular weight excluding hydrogens is 453 g/mol. The normalized spacial score (nSPS) is 26.3. The summed E-state index contributed by atoms with van der Waals surface area (Å²) in [5, 5.41) is 4.25. The number of carbonyl (C=O) groups excluding carboxylic acids is 1.